The number of carbonyl (C=O) groups is 1. The number of non-ortho nitro benzene ring substituents is 1. The number of benzene rings is 2. The molecule has 0 radical (unpaired) electrons. The highest BCUT2D eigenvalue weighted by Gasteiger charge is 2.19. The van der Waals surface area contributed by atoms with Gasteiger partial charge in [-0.3, -0.25) is 14.9 Å². The van der Waals surface area contributed by atoms with Gasteiger partial charge >= 0.3 is 0 Å². The third-order valence-corrected chi connectivity index (χ3v) is 3.67. The lowest BCUT2D eigenvalue weighted by Gasteiger charge is -2.19. The second-order valence-electron chi connectivity index (χ2n) is 5.58. The van der Waals surface area contributed by atoms with Gasteiger partial charge in [-0.05, 0) is 25.1 Å². The smallest absolute Gasteiger partial charge is 0.270 e. The molecule has 128 valence electrons. The van der Waals surface area contributed by atoms with Crippen molar-refractivity contribution in [2.45, 2.75) is 13.5 Å². The number of ether oxygens (including phenoxy) is 2. The third-order valence-electron chi connectivity index (χ3n) is 3.67. The minimum atomic E-state index is -0.488. The Balaban J connectivity index is 1.82. The van der Waals surface area contributed by atoms with Crippen LogP contribution in [0.4, 0.5) is 11.4 Å². The molecule has 0 fully saturated rings. The average molecular weight is 340 g/mol. The topological polar surface area (TPSA) is 90.7 Å². The van der Waals surface area contributed by atoms with Gasteiger partial charge in [0.05, 0.1) is 11.5 Å². The number of nitrogens with one attached hydrogen (secondary N) is 1. The van der Waals surface area contributed by atoms with Gasteiger partial charge in [-0.2, -0.15) is 0 Å². The maximum absolute atomic E-state index is 12.1. The molecule has 0 saturated carbocycles. The molecule has 1 aliphatic rings. The number of nitro benzene ring substituents is 1. The summed E-state index contributed by atoms with van der Waals surface area (Å²) in [7, 11) is 0. The zero-order valence-electron chi connectivity index (χ0n) is 13.5. The van der Waals surface area contributed by atoms with E-state index in [9.17, 15) is 14.9 Å². The predicted octanol–water partition coefficient (Wildman–Crippen LogP) is 3.42. The van der Waals surface area contributed by atoms with Crippen molar-refractivity contribution in [3.8, 4) is 5.75 Å². The van der Waals surface area contributed by atoms with Crippen LogP contribution in [0.3, 0.4) is 0 Å². The molecule has 1 aliphatic heterocycles. The Morgan fingerprint density at radius 2 is 2.04 bits per heavy atom. The second-order valence-corrected chi connectivity index (χ2v) is 5.58. The van der Waals surface area contributed by atoms with Crippen molar-refractivity contribution in [1.82, 2.24) is 0 Å². The highest BCUT2D eigenvalue weighted by molar-refractivity contribution is 6.02. The summed E-state index contributed by atoms with van der Waals surface area (Å²) < 4.78 is 10.6. The number of nitro groups is 1. The molecule has 1 amide bonds. The van der Waals surface area contributed by atoms with Crippen molar-refractivity contribution >= 4 is 23.4 Å². The second kappa shape index (κ2) is 7.14. The minimum Gasteiger partial charge on any atom is -0.467 e. The number of amides is 1. The molecule has 1 N–H and O–H groups in total. The SMILES string of the molecule is Cc1ccc(NC(=O)C=Cc2cc([N+](=O)[O-])cc3c2OCOC3)cc1. The molecule has 0 spiro atoms. The van der Waals surface area contributed by atoms with Crippen LogP contribution in [0, 0.1) is 17.0 Å². The van der Waals surface area contributed by atoms with Crippen LogP contribution in [0.15, 0.2) is 42.5 Å². The molecule has 2 aromatic carbocycles. The lowest BCUT2D eigenvalue weighted by molar-refractivity contribution is -0.385. The minimum absolute atomic E-state index is 0.0706. The maximum atomic E-state index is 12.1. The van der Waals surface area contributed by atoms with E-state index in [0.717, 1.165) is 5.56 Å². The summed E-state index contributed by atoms with van der Waals surface area (Å²) in [6.07, 6.45) is 2.82. The molecule has 0 aromatic heterocycles. The number of carbonyl (C=O) groups excluding carboxylic acids is 1. The number of anilines is 1. The fourth-order valence-corrected chi connectivity index (χ4v) is 2.45. The van der Waals surface area contributed by atoms with Gasteiger partial charge in [0.2, 0.25) is 5.91 Å². The van der Waals surface area contributed by atoms with Crippen molar-refractivity contribution in [2.75, 3.05) is 12.1 Å². The summed E-state index contributed by atoms with van der Waals surface area (Å²) in [6.45, 7) is 2.26. The highest BCUT2D eigenvalue weighted by Crippen LogP contribution is 2.33. The standard InChI is InChI=1S/C18H16N2O5/c1-12-2-5-15(6-3-12)19-17(21)7-4-13-8-16(20(22)23)9-14-10-24-11-25-18(13)14/h2-9H,10-11H2,1H3,(H,19,21). The number of aryl methyl sites for hydroxylation is 1. The van der Waals surface area contributed by atoms with Crippen molar-refractivity contribution in [3.63, 3.8) is 0 Å². The molecule has 0 saturated heterocycles. The normalized spacial score (nSPS) is 13.2. The first kappa shape index (κ1) is 16.7. The molecule has 0 bridgehead atoms. The number of fused-ring (bicyclic) bond motifs is 1. The monoisotopic (exact) mass is 340 g/mol. The summed E-state index contributed by atoms with van der Waals surface area (Å²) in [4.78, 5) is 22.6. The number of hydrogen-bond acceptors (Lipinski definition) is 5. The number of nitrogens with zero attached hydrogens (tertiary/aromatic N) is 1. The number of hydrogen-bond donors (Lipinski definition) is 1. The number of rotatable bonds is 4. The Bertz CT molecular complexity index is 843. The molecule has 0 aliphatic carbocycles. The van der Waals surface area contributed by atoms with Crippen LogP contribution in [-0.2, 0) is 16.1 Å². The first-order chi connectivity index (χ1) is 12.0. The van der Waals surface area contributed by atoms with Gasteiger partial charge in [-0.25, -0.2) is 0 Å². The van der Waals surface area contributed by atoms with Crippen molar-refractivity contribution in [3.05, 3.63) is 69.3 Å². The molecule has 1 heterocycles. The summed E-state index contributed by atoms with van der Waals surface area (Å²) in [5.41, 5.74) is 2.74. The molecular formula is C18H16N2O5. The zero-order valence-corrected chi connectivity index (χ0v) is 13.5. The predicted molar refractivity (Wildman–Crippen MR) is 92.2 cm³/mol. The van der Waals surface area contributed by atoms with Crippen LogP contribution in [0.5, 0.6) is 5.75 Å². The zero-order chi connectivity index (χ0) is 17.8. The van der Waals surface area contributed by atoms with Crippen LogP contribution in [0.1, 0.15) is 16.7 Å². The van der Waals surface area contributed by atoms with E-state index >= 15 is 0 Å². The molecule has 3 rings (SSSR count). The molecule has 0 atom stereocenters. The summed E-state index contributed by atoms with van der Waals surface area (Å²) in [5, 5.41) is 13.8. The molecule has 0 unspecified atom stereocenters. The summed E-state index contributed by atoms with van der Waals surface area (Å²) in [5.74, 6) is 0.160. The van der Waals surface area contributed by atoms with Gasteiger partial charge in [0.1, 0.15) is 5.75 Å². The van der Waals surface area contributed by atoms with Gasteiger partial charge in [0, 0.05) is 35.0 Å². The van der Waals surface area contributed by atoms with E-state index in [1.807, 2.05) is 19.1 Å². The van der Waals surface area contributed by atoms with Crippen LogP contribution < -0.4 is 10.1 Å². The van der Waals surface area contributed by atoms with Gasteiger partial charge in [-0.1, -0.05) is 17.7 Å². The first-order valence-corrected chi connectivity index (χ1v) is 7.60. The van der Waals surface area contributed by atoms with Crippen molar-refractivity contribution in [1.29, 1.82) is 0 Å². The van der Waals surface area contributed by atoms with Gasteiger partial charge in [0.15, 0.2) is 6.79 Å². The van der Waals surface area contributed by atoms with E-state index in [1.54, 1.807) is 12.1 Å². The average Bonchev–Trinajstić information content (AvgIpc) is 2.61. The van der Waals surface area contributed by atoms with E-state index in [2.05, 4.69) is 5.32 Å². The third kappa shape index (κ3) is 4.02. The van der Waals surface area contributed by atoms with Gasteiger partial charge < -0.3 is 14.8 Å². The summed E-state index contributed by atoms with van der Waals surface area (Å²) >= 11 is 0. The summed E-state index contributed by atoms with van der Waals surface area (Å²) in [6, 6.07) is 10.2. The lowest BCUT2D eigenvalue weighted by atomic mass is 10.1. The van der Waals surface area contributed by atoms with E-state index in [0.29, 0.717) is 22.6 Å². The van der Waals surface area contributed by atoms with Crippen LogP contribution in [-0.4, -0.2) is 17.6 Å². The first-order valence-electron chi connectivity index (χ1n) is 7.60. The quantitative estimate of drug-likeness (QED) is 0.523. The Labute approximate surface area is 144 Å². The fraction of sp³-hybridized carbons (Fsp3) is 0.167. The van der Waals surface area contributed by atoms with Crippen LogP contribution in [0.25, 0.3) is 6.08 Å². The molecular weight excluding hydrogens is 324 g/mol. The molecule has 2 aromatic rings. The Kier molecular flexibility index (Phi) is 4.76. The molecule has 7 heteroatoms. The maximum Gasteiger partial charge on any atom is 0.270 e. The largest absolute Gasteiger partial charge is 0.467 e. The van der Waals surface area contributed by atoms with Gasteiger partial charge in [0.25, 0.3) is 5.69 Å². The van der Waals surface area contributed by atoms with E-state index in [1.165, 1.54) is 24.3 Å². The molecule has 7 nitrogen and oxygen atoms in total. The lowest BCUT2D eigenvalue weighted by Crippen LogP contribution is -2.13. The Morgan fingerprint density at radius 1 is 1.28 bits per heavy atom. The Morgan fingerprint density at radius 3 is 2.76 bits per heavy atom. The fourth-order valence-electron chi connectivity index (χ4n) is 2.45. The van der Waals surface area contributed by atoms with E-state index < -0.39 is 4.92 Å². The Hall–Kier alpha value is -3.19. The van der Waals surface area contributed by atoms with Crippen molar-refractivity contribution < 1.29 is 19.2 Å². The van der Waals surface area contributed by atoms with Crippen molar-refractivity contribution in [2.24, 2.45) is 0 Å². The highest BCUT2D eigenvalue weighted by atomic mass is 16.7. The van der Waals surface area contributed by atoms with Crippen LogP contribution >= 0.6 is 0 Å². The van der Waals surface area contributed by atoms with Gasteiger partial charge in [-0.15, -0.1) is 0 Å². The van der Waals surface area contributed by atoms with E-state index in [-0.39, 0.29) is 25.0 Å². The van der Waals surface area contributed by atoms with Crippen LogP contribution in [0.2, 0.25) is 0 Å². The molecule has 25 heavy (non-hydrogen) atoms. The van der Waals surface area contributed by atoms with E-state index in [4.69, 9.17) is 9.47 Å².